The molecule has 0 saturated heterocycles. The van der Waals surface area contributed by atoms with Crippen LogP contribution < -0.4 is 16.0 Å². The van der Waals surface area contributed by atoms with E-state index in [1.165, 1.54) is 0 Å². The number of amides is 3. The summed E-state index contributed by atoms with van der Waals surface area (Å²) in [7, 11) is 0. The molecule has 3 rings (SSSR count). The number of hydrogen-bond donors (Lipinski definition) is 3. The second kappa shape index (κ2) is 18.5. The number of ether oxygens (including phenoxy) is 2. The van der Waals surface area contributed by atoms with Crippen LogP contribution in [0.3, 0.4) is 0 Å². The molecule has 0 aliphatic heterocycles. The van der Waals surface area contributed by atoms with Crippen molar-refractivity contribution < 1.29 is 28.7 Å². The van der Waals surface area contributed by atoms with Crippen molar-refractivity contribution in [2.45, 2.75) is 97.1 Å². The molecule has 47 heavy (non-hydrogen) atoms. The molecule has 0 aliphatic rings. The van der Waals surface area contributed by atoms with Crippen molar-refractivity contribution in [3.05, 3.63) is 108 Å². The SMILES string of the molecule is CC(C)C[C@H](NC(=O)[C@H](CCc1ccccc1)NC(=O)OC(C)(C)C)C(=O)N[C@H](CCc1ccccc1)C(=O)OCc1ccccc1. The lowest BCUT2D eigenvalue weighted by atomic mass is 10.00. The highest BCUT2D eigenvalue weighted by Gasteiger charge is 2.31. The molecule has 252 valence electrons. The van der Waals surface area contributed by atoms with E-state index < -0.39 is 47.6 Å². The first-order valence-electron chi connectivity index (χ1n) is 16.3. The van der Waals surface area contributed by atoms with E-state index in [4.69, 9.17) is 9.47 Å². The summed E-state index contributed by atoms with van der Waals surface area (Å²) in [6, 6.07) is 25.8. The Hall–Kier alpha value is -4.66. The van der Waals surface area contributed by atoms with Crippen LogP contribution in [0.5, 0.6) is 0 Å². The normalized spacial score (nSPS) is 13.1. The molecule has 3 aromatic carbocycles. The maximum absolute atomic E-state index is 13.8. The zero-order valence-electron chi connectivity index (χ0n) is 28.2. The molecule has 0 fully saturated rings. The molecule has 3 amide bonds. The Balaban J connectivity index is 1.76. The molecule has 3 N–H and O–H groups in total. The van der Waals surface area contributed by atoms with E-state index in [-0.39, 0.29) is 18.9 Å². The van der Waals surface area contributed by atoms with Gasteiger partial charge in [0.05, 0.1) is 0 Å². The molecule has 9 heteroatoms. The third kappa shape index (κ3) is 14.1. The number of alkyl carbamates (subject to hydrolysis) is 1. The average Bonchev–Trinajstić information content (AvgIpc) is 3.03. The second-order valence-electron chi connectivity index (χ2n) is 13.1. The van der Waals surface area contributed by atoms with Gasteiger partial charge in [-0.05, 0) is 75.5 Å². The van der Waals surface area contributed by atoms with Crippen LogP contribution in [0, 0.1) is 5.92 Å². The lowest BCUT2D eigenvalue weighted by molar-refractivity contribution is -0.149. The van der Waals surface area contributed by atoms with Crippen molar-refractivity contribution in [3.8, 4) is 0 Å². The molecule has 0 saturated carbocycles. The number of benzene rings is 3. The predicted octanol–water partition coefficient (Wildman–Crippen LogP) is 5.90. The zero-order valence-corrected chi connectivity index (χ0v) is 28.2. The number of carbonyl (C=O) groups is 4. The van der Waals surface area contributed by atoms with E-state index in [0.717, 1.165) is 16.7 Å². The van der Waals surface area contributed by atoms with Gasteiger partial charge < -0.3 is 25.4 Å². The maximum Gasteiger partial charge on any atom is 0.408 e. The molecule has 9 nitrogen and oxygen atoms in total. The highest BCUT2D eigenvalue weighted by atomic mass is 16.6. The van der Waals surface area contributed by atoms with Crippen molar-refractivity contribution in [1.29, 1.82) is 0 Å². The molecular formula is C38H49N3O6. The van der Waals surface area contributed by atoms with E-state index in [1.807, 2.05) is 105 Å². The summed E-state index contributed by atoms with van der Waals surface area (Å²) in [5.74, 6) is -1.53. The lowest BCUT2D eigenvalue weighted by Crippen LogP contribution is -2.56. The van der Waals surface area contributed by atoms with Crippen LogP contribution in [0.25, 0.3) is 0 Å². The Kier molecular flexibility index (Phi) is 14.5. The fourth-order valence-corrected chi connectivity index (χ4v) is 4.96. The third-order valence-corrected chi connectivity index (χ3v) is 7.30. The van der Waals surface area contributed by atoms with Crippen LogP contribution in [0.2, 0.25) is 0 Å². The number of esters is 1. The van der Waals surface area contributed by atoms with Gasteiger partial charge in [-0.2, -0.15) is 0 Å². The van der Waals surface area contributed by atoms with Crippen molar-refractivity contribution in [3.63, 3.8) is 0 Å². The Bertz CT molecular complexity index is 1410. The maximum atomic E-state index is 13.8. The second-order valence-corrected chi connectivity index (χ2v) is 13.1. The summed E-state index contributed by atoms with van der Waals surface area (Å²) in [5, 5.41) is 8.41. The minimum absolute atomic E-state index is 0.0421. The van der Waals surface area contributed by atoms with E-state index in [1.54, 1.807) is 20.8 Å². The van der Waals surface area contributed by atoms with E-state index in [2.05, 4.69) is 16.0 Å². The van der Waals surface area contributed by atoms with E-state index in [9.17, 15) is 19.2 Å². The average molecular weight is 644 g/mol. The number of rotatable bonds is 16. The first-order valence-corrected chi connectivity index (χ1v) is 16.3. The molecule has 0 unspecified atom stereocenters. The van der Waals surface area contributed by atoms with Crippen LogP contribution in [-0.2, 0) is 43.3 Å². The van der Waals surface area contributed by atoms with Crippen LogP contribution in [0.15, 0.2) is 91.0 Å². The van der Waals surface area contributed by atoms with Crippen LogP contribution in [0.4, 0.5) is 4.79 Å². The highest BCUT2D eigenvalue weighted by Crippen LogP contribution is 2.13. The standard InChI is InChI=1S/C38H49N3O6/c1-27(2)25-33(40-34(42)31(41-37(45)47-38(3,4)5)23-21-28-15-9-6-10-16-28)35(43)39-32(24-22-29-17-11-7-12-18-29)36(44)46-26-30-19-13-8-14-20-30/h6-20,27,31-33H,21-26H2,1-5H3,(H,39,43)(H,40,42)(H,41,45)/t31-,32+,33-/m0/s1. The van der Waals surface area contributed by atoms with Gasteiger partial charge in [-0.1, -0.05) is 105 Å². The summed E-state index contributed by atoms with van der Waals surface area (Å²) >= 11 is 0. The lowest BCUT2D eigenvalue weighted by Gasteiger charge is -2.27. The van der Waals surface area contributed by atoms with Gasteiger partial charge in [-0.25, -0.2) is 9.59 Å². The molecule has 3 atom stereocenters. The molecule has 0 spiro atoms. The number of carbonyl (C=O) groups excluding carboxylic acids is 4. The first-order chi connectivity index (χ1) is 22.4. The summed E-state index contributed by atoms with van der Waals surface area (Å²) in [5.41, 5.74) is 2.10. The number of nitrogens with one attached hydrogen (secondary N) is 3. The van der Waals surface area contributed by atoms with Crippen molar-refractivity contribution in [2.24, 2.45) is 5.92 Å². The minimum Gasteiger partial charge on any atom is -0.459 e. The van der Waals surface area contributed by atoms with E-state index in [0.29, 0.717) is 25.7 Å². The summed E-state index contributed by atoms with van der Waals surface area (Å²) in [6.45, 7) is 9.19. The Morgan fingerprint density at radius 3 is 1.55 bits per heavy atom. The quantitative estimate of drug-likeness (QED) is 0.167. The summed E-state index contributed by atoms with van der Waals surface area (Å²) in [6.07, 6.45) is 1.25. The molecular weight excluding hydrogens is 594 g/mol. The van der Waals surface area contributed by atoms with Gasteiger partial charge in [-0.3, -0.25) is 9.59 Å². The van der Waals surface area contributed by atoms with Gasteiger partial charge >= 0.3 is 12.1 Å². The van der Waals surface area contributed by atoms with Gasteiger partial charge in [0.25, 0.3) is 0 Å². The monoisotopic (exact) mass is 643 g/mol. The molecule has 0 heterocycles. The summed E-state index contributed by atoms with van der Waals surface area (Å²) < 4.78 is 11.0. The van der Waals surface area contributed by atoms with Crippen LogP contribution in [0.1, 0.15) is 70.6 Å². The number of aryl methyl sites for hydroxylation is 2. The van der Waals surface area contributed by atoms with Gasteiger partial charge in [0.1, 0.15) is 30.3 Å². The molecule has 0 aromatic heterocycles. The number of hydrogen-bond acceptors (Lipinski definition) is 6. The van der Waals surface area contributed by atoms with E-state index >= 15 is 0 Å². The van der Waals surface area contributed by atoms with Crippen molar-refractivity contribution in [2.75, 3.05) is 0 Å². The van der Waals surface area contributed by atoms with Crippen molar-refractivity contribution >= 4 is 23.9 Å². The van der Waals surface area contributed by atoms with Gasteiger partial charge in [0.15, 0.2) is 0 Å². The zero-order chi connectivity index (χ0) is 34.2. The van der Waals surface area contributed by atoms with Gasteiger partial charge in [0.2, 0.25) is 11.8 Å². The third-order valence-electron chi connectivity index (χ3n) is 7.30. The topological polar surface area (TPSA) is 123 Å². The smallest absolute Gasteiger partial charge is 0.408 e. The Morgan fingerprint density at radius 1 is 0.617 bits per heavy atom. The Morgan fingerprint density at radius 2 is 1.06 bits per heavy atom. The fourth-order valence-electron chi connectivity index (χ4n) is 4.96. The molecule has 3 aromatic rings. The largest absolute Gasteiger partial charge is 0.459 e. The molecule has 0 radical (unpaired) electrons. The summed E-state index contributed by atoms with van der Waals surface area (Å²) in [4.78, 5) is 53.5. The van der Waals surface area contributed by atoms with Crippen molar-refractivity contribution in [1.82, 2.24) is 16.0 Å². The van der Waals surface area contributed by atoms with Crippen LogP contribution >= 0.6 is 0 Å². The van der Waals surface area contributed by atoms with Crippen LogP contribution in [-0.4, -0.2) is 47.6 Å². The predicted molar refractivity (Wildman–Crippen MR) is 182 cm³/mol. The Labute approximate surface area is 278 Å². The van der Waals surface area contributed by atoms with Gasteiger partial charge in [0, 0.05) is 0 Å². The minimum atomic E-state index is -0.961. The first kappa shape index (κ1) is 36.8. The van der Waals surface area contributed by atoms with Gasteiger partial charge in [-0.15, -0.1) is 0 Å². The molecule has 0 aliphatic carbocycles. The molecule has 0 bridgehead atoms. The fraction of sp³-hybridized carbons (Fsp3) is 0.421. The highest BCUT2D eigenvalue weighted by molar-refractivity contribution is 5.93.